The van der Waals surface area contributed by atoms with Gasteiger partial charge in [0.15, 0.2) is 0 Å². The highest BCUT2D eigenvalue weighted by atomic mass is 16.3. The number of allylic oxidation sites excluding steroid dienone is 1. The Balaban J connectivity index is 2.12. The SMILES string of the molecule is OCC1CC2=CCC1N2. The largest absolute Gasteiger partial charge is 0.396 e. The molecule has 0 saturated carbocycles. The summed E-state index contributed by atoms with van der Waals surface area (Å²) in [7, 11) is 0. The van der Waals surface area contributed by atoms with Crippen LogP contribution in [0.25, 0.3) is 0 Å². The average Bonchev–Trinajstić information content (AvgIpc) is 2.45. The first-order valence-corrected chi connectivity index (χ1v) is 3.46. The van der Waals surface area contributed by atoms with Gasteiger partial charge in [-0.15, -0.1) is 0 Å². The molecule has 0 aromatic rings. The molecule has 0 aliphatic carbocycles. The fourth-order valence-corrected chi connectivity index (χ4v) is 1.69. The minimum absolute atomic E-state index is 0.342. The van der Waals surface area contributed by atoms with E-state index in [4.69, 9.17) is 5.11 Å². The molecule has 1 fully saturated rings. The van der Waals surface area contributed by atoms with Gasteiger partial charge in [-0.25, -0.2) is 0 Å². The van der Waals surface area contributed by atoms with Crippen molar-refractivity contribution in [1.29, 1.82) is 0 Å². The number of aliphatic hydroxyl groups excluding tert-OH is 1. The highest BCUT2D eigenvalue weighted by Gasteiger charge is 2.32. The molecule has 0 spiro atoms. The summed E-state index contributed by atoms with van der Waals surface area (Å²) in [6, 6.07) is 0.560. The molecule has 0 amide bonds. The Kier molecular flexibility index (Phi) is 1.02. The topological polar surface area (TPSA) is 32.3 Å². The van der Waals surface area contributed by atoms with Gasteiger partial charge in [-0.1, -0.05) is 6.08 Å². The lowest BCUT2D eigenvalue weighted by molar-refractivity contribution is 0.213. The monoisotopic (exact) mass is 125 g/mol. The van der Waals surface area contributed by atoms with Gasteiger partial charge >= 0.3 is 0 Å². The van der Waals surface area contributed by atoms with Crippen molar-refractivity contribution in [3.05, 3.63) is 11.8 Å². The van der Waals surface area contributed by atoms with Crippen LogP contribution < -0.4 is 5.32 Å². The van der Waals surface area contributed by atoms with E-state index in [1.807, 2.05) is 0 Å². The normalized spacial score (nSPS) is 38.6. The smallest absolute Gasteiger partial charge is 0.0482 e. The summed E-state index contributed by atoms with van der Waals surface area (Å²) in [4.78, 5) is 0. The third kappa shape index (κ3) is 0.663. The zero-order chi connectivity index (χ0) is 6.27. The van der Waals surface area contributed by atoms with E-state index in [1.54, 1.807) is 0 Å². The minimum Gasteiger partial charge on any atom is -0.396 e. The molecule has 9 heavy (non-hydrogen) atoms. The summed E-state index contributed by atoms with van der Waals surface area (Å²) in [6.07, 6.45) is 4.43. The molecule has 0 aromatic carbocycles. The first-order valence-electron chi connectivity index (χ1n) is 3.46. The van der Waals surface area contributed by atoms with Crippen molar-refractivity contribution in [2.24, 2.45) is 5.92 Å². The van der Waals surface area contributed by atoms with Gasteiger partial charge in [0.25, 0.3) is 0 Å². The molecule has 1 saturated heterocycles. The third-order valence-corrected chi connectivity index (χ3v) is 2.27. The molecule has 2 rings (SSSR count). The lowest BCUT2D eigenvalue weighted by atomic mass is 9.95. The van der Waals surface area contributed by atoms with Crippen LogP contribution >= 0.6 is 0 Å². The van der Waals surface area contributed by atoms with Crippen LogP contribution in [0.3, 0.4) is 0 Å². The maximum Gasteiger partial charge on any atom is 0.0482 e. The number of hydrogen-bond acceptors (Lipinski definition) is 2. The second-order valence-electron chi connectivity index (χ2n) is 2.86. The zero-order valence-corrected chi connectivity index (χ0v) is 5.30. The van der Waals surface area contributed by atoms with Gasteiger partial charge in [0.05, 0.1) is 0 Å². The quantitative estimate of drug-likeness (QED) is 0.526. The van der Waals surface area contributed by atoms with Crippen molar-refractivity contribution in [2.75, 3.05) is 6.61 Å². The van der Waals surface area contributed by atoms with E-state index in [9.17, 15) is 0 Å². The van der Waals surface area contributed by atoms with Crippen molar-refractivity contribution in [1.82, 2.24) is 5.32 Å². The number of hydrogen-bond donors (Lipinski definition) is 2. The van der Waals surface area contributed by atoms with Crippen LogP contribution in [-0.2, 0) is 0 Å². The van der Waals surface area contributed by atoms with Gasteiger partial charge in [0.2, 0.25) is 0 Å². The second kappa shape index (κ2) is 1.74. The molecule has 50 valence electrons. The van der Waals surface area contributed by atoms with E-state index in [-0.39, 0.29) is 0 Å². The minimum atomic E-state index is 0.342. The van der Waals surface area contributed by atoms with Crippen molar-refractivity contribution in [3.8, 4) is 0 Å². The lowest BCUT2D eigenvalue weighted by Crippen LogP contribution is -2.24. The summed E-state index contributed by atoms with van der Waals surface area (Å²) in [5.41, 5.74) is 1.35. The van der Waals surface area contributed by atoms with Gasteiger partial charge in [0.1, 0.15) is 0 Å². The van der Waals surface area contributed by atoms with Crippen molar-refractivity contribution < 1.29 is 5.11 Å². The van der Waals surface area contributed by atoms with Crippen LogP contribution in [0.4, 0.5) is 0 Å². The Hall–Kier alpha value is -0.500. The summed E-state index contributed by atoms with van der Waals surface area (Å²) >= 11 is 0. The van der Waals surface area contributed by atoms with Crippen LogP contribution in [0.1, 0.15) is 12.8 Å². The molecule has 2 aliphatic rings. The lowest BCUT2D eigenvalue weighted by Gasteiger charge is -2.13. The molecule has 2 nitrogen and oxygen atoms in total. The Morgan fingerprint density at radius 2 is 2.67 bits per heavy atom. The average molecular weight is 125 g/mol. The molecular weight excluding hydrogens is 114 g/mol. The first-order chi connectivity index (χ1) is 4.40. The Morgan fingerprint density at radius 1 is 1.78 bits per heavy atom. The summed E-state index contributed by atoms with van der Waals surface area (Å²) < 4.78 is 0. The summed E-state index contributed by atoms with van der Waals surface area (Å²) in [6.45, 7) is 0.342. The second-order valence-corrected chi connectivity index (χ2v) is 2.86. The molecular formula is C7H11NO. The van der Waals surface area contributed by atoms with E-state index in [1.165, 1.54) is 5.70 Å². The highest BCUT2D eigenvalue weighted by Crippen LogP contribution is 2.30. The van der Waals surface area contributed by atoms with Crippen LogP contribution in [0, 0.1) is 5.92 Å². The number of aliphatic hydroxyl groups is 1. The van der Waals surface area contributed by atoms with Crippen LogP contribution in [0.2, 0.25) is 0 Å². The van der Waals surface area contributed by atoms with Gasteiger partial charge in [-0.05, 0) is 12.8 Å². The first kappa shape index (κ1) is 5.30. The molecule has 2 aliphatic heterocycles. The predicted molar refractivity (Wildman–Crippen MR) is 34.8 cm³/mol. The maximum atomic E-state index is 8.82. The molecule has 2 bridgehead atoms. The summed E-state index contributed by atoms with van der Waals surface area (Å²) in [5.74, 6) is 0.505. The fourth-order valence-electron chi connectivity index (χ4n) is 1.69. The number of fused-ring (bicyclic) bond motifs is 2. The Morgan fingerprint density at radius 3 is 3.00 bits per heavy atom. The third-order valence-electron chi connectivity index (χ3n) is 2.27. The standard InChI is InChI=1S/C7H11NO/c9-4-5-3-6-1-2-7(5)8-6/h1,5,7-9H,2-4H2. The van der Waals surface area contributed by atoms with Gasteiger partial charge in [-0.3, -0.25) is 0 Å². The maximum absolute atomic E-state index is 8.82. The van der Waals surface area contributed by atoms with E-state index >= 15 is 0 Å². The molecule has 2 heterocycles. The van der Waals surface area contributed by atoms with E-state index in [2.05, 4.69) is 11.4 Å². The zero-order valence-electron chi connectivity index (χ0n) is 5.30. The molecule has 2 unspecified atom stereocenters. The highest BCUT2D eigenvalue weighted by molar-refractivity contribution is 5.18. The Bertz CT molecular complexity index is 153. The molecule has 0 aromatic heterocycles. The van der Waals surface area contributed by atoms with E-state index in [0.29, 0.717) is 18.6 Å². The molecule has 2 atom stereocenters. The van der Waals surface area contributed by atoms with Crippen LogP contribution in [0.15, 0.2) is 11.8 Å². The van der Waals surface area contributed by atoms with Gasteiger partial charge in [-0.2, -0.15) is 0 Å². The molecule has 0 radical (unpaired) electrons. The number of rotatable bonds is 1. The van der Waals surface area contributed by atoms with Crippen molar-refractivity contribution >= 4 is 0 Å². The summed E-state index contributed by atoms with van der Waals surface area (Å²) in [5, 5.41) is 12.2. The predicted octanol–water partition coefficient (Wildman–Crippen LogP) is 0.244. The molecule has 2 heteroatoms. The van der Waals surface area contributed by atoms with Gasteiger partial charge in [0, 0.05) is 24.3 Å². The van der Waals surface area contributed by atoms with Crippen LogP contribution in [-0.4, -0.2) is 17.8 Å². The molecule has 2 N–H and O–H groups in total. The Labute approximate surface area is 54.6 Å². The van der Waals surface area contributed by atoms with Crippen molar-refractivity contribution in [2.45, 2.75) is 18.9 Å². The van der Waals surface area contributed by atoms with Gasteiger partial charge < -0.3 is 10.4 Å². The fraction of sp³-hybridized carbons (Fsp3) is 0.714. The van der Waals surface area contributed by atoms with Crippen molar-refractivity contribution in [3.63, 3.8) is 0 Å². The number of nitrogens with one attached hydrogen (secondary N) is 1. The van der Waals surface area contributed by atoms with E-state index < -0.39 is 0 Å². The van der Waals surface area contributed by atoms with E-state index in [0.717, 1.165) is 12.8 Å². The van der Waals surface area contributed by atoms with Crippen LogP contribution in [0.5, 0.6) is 0 Å².